The van der Waals surface area contributed by atoms with Crippen molar-refractivity contribution in [2.75, 3.05) is 0 Å². The van der Waals surface area contributed by atoms with Gasteiger partial charge in [0.15, 0.2) is 0 Å². The monoisotopic (exact) mass is 1360 g/mol. The summed E-state index contributed by atoms with van der Waals surface area (Å²) >= 11 is 0. The minimum atomic E-state index is 0.790. The summed E-state index contributed by atoms with van der Waals surface area (Å²) in [4.78, 5) is 0. The van der Waals surface area contributed by atoms with Crippen LogP contribution in [0.15, 0.2) is 218 Å². The van der Waals surface area contributed by atoms with Crippen LogP contribution in [0.1, 0.15) is 262 Å². The van der Waals surface area contributed by atoms with Crippen molar-refractivity contribution in [3.8, 4) is 44.5 Å². The van der Waals surface area contributed by atoms with Gasteiger partial charge < -0.3 is 0 Å². The average Bonchev–Trinajstić information content (AvgIpc) is 0.855. The quantitative estimate of drug-likeness (QED) is 0.135. The Kier molecular flexibility index (Phi) is 30.2. The molecule has 540 valence electrons. The van der Waals surface area contributed by atoms with Crippen LogP contribution in [0.5, 0.6) is 0 Å². The molecule has 6 aliphatic rings. The molecule has 15 rings (SSSR count). The molecule has 0 aliphatic heterocycles. The van der Waals surface area contributed by atoms with Gasteiger partial charge in [0.25, 0.3) is 0 Å². The maximum atomic E-state index is 2.44. The van der Waals surface area contributed by atoms with Gasteiger partial charge in [0.2, 0.25) is 0 Å². The van der Waals surface area contributed by atoms with Crippen LogP contribution in [0.4, 0.5) is 0 Å². The van der Waals surface area contributed by atoms with Crippen molar-refractivity contribution in [1.82, 2.24) is 0 Å². The lowest BCUT2D eigenvalue weighted by Gasteiger charge is -2.37. The first-order valence-corrected chi connectivity index (χ1v) is 41.1. The summed E-state index contributed by atoms with van der Waals surface area (Å²) in [5, 5.41) is 0. The minimum absolute atomic E-state index is 0.790. The molecule has 0 nitrogen and oxygen atoms in total. The van der Waals surface area contributed by atoms with E-state index in [1.54, 1.807) is 36.8 Å². The van der Waals surface area contributed by atoms with Gasteiger partial charge in [-0.15, -0.1) is 0 Å². The number of benzene rings is 9. The van der Waals surface area contributed by atoms with Crippen molar-refractivity contribution in [2.45, 2.75) is 255 Å². The highest BCUT2D eigenvalue weighted by atomic mass is 14.4. The predicted molar refractivity (Wildman–Crippen MR) is 446 cm³/mol. The summed E-state index contributed by atoms with van der Waals surface area (Å²) in [5.74, 6) is 11.7. The lowest BCUT2D eigenvalue weighted by molar-refractivity contribution is 0.155. The SMILES string of the molecule is CC1CCC(C2CCC(C)CC2)CC1.Cc1ccc(-c2ccc(-c3ccc(C)cc3)cc2)cc1.Cc1ccc(-c2ccc(C)cc2)cc1.Cc1ccc(-c2ccc(C3CCC(C)CC3)cc2)cc1.Cc1ccc(C2CCC(C)CC2)cc1.Cc1ccc(C2CCC(C3CCC(C)CC3)CC2)cc1. The lowest BCUT2D eigenvalue weighted by Crippen LogP contribution is -2.24. The van der Waals surface area contributed by atoms with Crippen LogP contribution < -0.4 is 0 Å². The van der Waals surface area contributed by atoms with E-state index in [2.05, 4.69) is 301 Å². The van der Waals surface area contributed by atoms with Crippen molar-refractivity contribution >= 4 is 0 Å². The molecular formula is C102H132. The Morgan fingerprint density at radius 1 is 0.147 bits per heavy atom. The van der Waals surface area contributed by atoms with Gasteiger partial charge in [-0.1, -0.05) is 356 Å². The molecule has 0 unspecified atom stereocenters. The van der Waals surface area contributed by atoms with Crippen LogP contribution in [0.3, 0.4) is 0 Å². The molecule has 6 fully saturated rings. The fraction of sp³-hybridized carbons (Fsp3) is 0.471. The molecule has 0 saturated heterocycles. The molecule has 9 aromatic rings. The van der Waals surface area contributed by atoms with E-state index in [-0.39, 0.29) is 0 Å². The Bertz CT molecular complexity index is 3610. The van der Waals surface area contributed by atoms with Gasteiger partial charge in [0, 0.05) is 0 Å². The van der Waals surface area contributed by atoms with Crippen molar-refractivity contribution in [2.24, 2.45) is 53.3 Å². The Hall–Kier alpha value is -7.02. The van der Waals surface area contributed by atoms with E-state index in [1.165, 1.54) is 217 Å². The first-order valence-electron chi connectivity index (χ1n) is 41.1. The number of hydrogen-bond donors (Lipinski definition) is 0. The highest BCUT2D eigenvalue weighted by Crippen LogP contribution is 2.45. The molecule has 6 aliphatic carbocycles. The summed E-state index contributed by atoms with van der Waals surface area (Å²) < 4.78 is 0. The molecule has 0 bridgehead atoms. The fourth-order valence-electron chi connectivity index (χ4n) is 17.6. The van der Waals surface area contributed by atoms with Crippen LogP contribution in [0, 0.1) is 102 Å². The zero-order chi connectivity index (χ0) is 71.7. The van der Waals surface area contributed by atoms with Crippen LogP contribution in [0.25, 0.3) is 44.5 Å². The summed E-state index contributed by atoms with van der Waals surface area (Å²) in [7, 11) is 0. The summed E-state index contributed by atoms with van der Waals surface area (Å²) in [6, 6.07) is 79.8. The molecule has 0 spiro atoms. The van der Waals surface area contributed by atoms with Crippen LogP contribution in [-0.2, 0) is 0 Å². The predicted octanol–water partition coefficient (Wildman–Crippen LogP) is 30.6. The smallest absolute Gasteiger partial charge is 0.0162 e. The van der Waals surface area contributed by atoms with Crippen molar-refractivity contribution < 1.29 is 0 Å². The average molecular weight is 1360 g/mol. The molecule has 0 atom stereocenters. The fourth-order valence-corrected chi connectivity index (χ4v) is 17.6. The van der Waals surface area contributed by atoms with E-state index < -0.39 is 0 Å². The number of rotatable bonds is 9. The van der Waals surface area contributed by atoms with E-state index >= 15 is 0 Å². The number of aryl methyl sites for hydroxylation is 7. The second-order valence-corrected chi connectivity index (χ2v) is 33.9. The molecule has 0 aromatic heterocycles. The Morgan fingerprint density at radius 3 is 0.451 bits per heavy atom. The Labute approximate surface area is 622 Å². The van der Waals surface area contributed by atoms with Crippen LogP contribution in [0.2, 0.25) is 0 Å². The van der Waals surface area contributed by atoms with Crippen molar-refractivity contribution in [3.05, 3.63) is 274 Å². The molecule has 0 amide bonds. The molecule has 0 N–H and O–H groups in total. The van der Waals surface area contributed by atoms with E-state index in [4.69, 9.17) is 0 Å². The molecule has 9 aromatic carbocycles. The zero-order valence-corrected chi connectivity index (χ0v) is 65.7. The van der Waals surface area contributed by atoms with Crippen molar-refractivity contribution in [1.29, 1.82) is 0 Å². The number of hydrogen-bond acceptors (Lipinski definition) is 0. The zero-order valence-electron chi connectivity index (χ0n) is 65.7. The summed E-state index contributed by atoms with van der Waals surface area (Å²) in [5.41, 5.74) is 24.3. The minimum Gasteiger partial charge on any atom is -0.0625 e. The topological polar surface area (TPSA) is 0 Å². The second-order valence-electron chi connectivity index (χ2n) is 33.9. The van der Waals surface area contributed by atoms with Gasteiger partial charge in [-0.3, -0.25) is 0 Å². The van der Waals surface area contributed by atoms with Gasteiger partial charge in [0.1, 0.15) is 0 Å². The maximum Gasteiger partial charge on any atom is -0.0162 e. The first-order chi connectivity index (χ1) is 49.4. The van der Waals surface area contributed by atoms with Gasteiger partial charge in [-0.2, -0.15) is 0 Å². The van der Waals surface area contributed by atoms with E-state index in [0.717, 1.165) is 71.0 Å². The molecule has 0 heteroatoms. The Morgan fingerprint density at radius 2 is 0.265 bits per heavy atom. The third-order valence-corrected chi connectivity index (χ3v) is 25.3. The van der Waals surface area contributed by atoms with E-state index in [0.29, 0.717) is 0 Å². The van der Waals surface area contributed by atoms with Crippen LogP contribution >= 0.6 is 0 Å². The second kappa shape index (κ2) is 39.7. The molecule has 0 radical (unpaired) electrons. The molecule has 102 heavy (non-hydrogen) atoms. The maximum absolute atomic E-state index is 2.44. The van der Waals surface area contributed by atoms with E-state index in [9.17, 15) is 0 Å². The molecule has 6 saturated carbocycles. The third kappa shape index (κ3) is 24.6. The van der Waals surface area contributed by atoms with Crippen LogP contribution in [-0.4, -0.2) is 0 Å². The standard InChI is InChI=1S/C20H30.C20H24.C20H18.C14H26.C14H20.C14H14/c3*1-15-3-7-17(8-4-15)19-11-13-20(14-12-19)18-9-5-16(2)6-10-18;3*1-11-3-7-13(8-4-11)14-9-5-12(2)6-10-14/h3-4,7-8,16,18-20H,5-6,9-14H2,1-2H3;3-4,7-8,11-14,16,18H,5-6,9-10H2,1-2H3;3-14H,1-2H3;11-14H,3-10H2,1-2H3;3-4,7-8,12,14H,5-6,9-10H2,1-2H3;3-10H,1-2H3. The van der Waals surface area contributed by atoms with Gasteiger partial charge >= 0.3 is 0 Å². The van der Waals surface area contributed by atoms with Gasteiger partial charge in [0.05, 0.1) is 0 Å². The summed E-state index contributed by atoms with van der Waals surface area (Å²) in [6.45, 7) is 27.0. The normalized spacial score (nSPS) is 24.7. The van der Waals surface area contributed by atoms with Gasteiger partial charge in [-0.25, -0.2) is 0 Å². The third-order valence-electron chi connectivity index (χ3n) is 25.3. The highest BCUT2D eigenvalue weighted by molar-refractivity contribution is 5.71. The Balaban J connectivity index is 0.000000133. The summed E-state index contributed by atoms with van der Waals surface area (Å²) in [6.07, 6.45) is 35.2. The van der Waals surface area contributed by atoms with Gasteiger partial charge in [-0.05, 0) is 271 Å². The molecular weight excluding hydrogens is 1230 g/mol. The van der Waals surface area contributed by atoms with Crippen molar-refractivity contribution in [3.63, 3.8) is 0 Å². The lowest BCUT2D eigenvalue weighted by atomic mass is 9.68. The highest BCUT2D eigenvalue weighted by Gasteiger charge is 2.31. The van der Waals surface area contributed by atoms with E-state index in [1.807, 2.05) is 0 Å². The first kappa shape index (κ1) is 77.6. The molecule has 0 heterocycles. The largest absolute Gasteiger partial charge is 0.0625 e.